The second-order valence-corrected chi connectivity index (χ2v) is 8.26. The number of rotatable bonds is 22. The van der Waals surface area contributed by atoms with Crippen LogP contribution in [-0.4, -0.2) is 52.6 Å². The van der Waals surface area contributed by atoms with Crippen LogP contribution in [0.3, 0.4) is 0 Å². The minimum Gasteiger partial charge on any atom is -0.480 e. The van der Waals surface area contributed by atoms with Crippen LogP contribution in [0.2, 0.25) is 0 Å². The summed E-state index contributed by atoms with van der Waals surface area (Å²) in [6.07, 6.45) is 16.4. The fraction of sp³-hybridized carbons (Fsp3) is 0.913. The van der Waals surface area contributed by atoms with Crippen LogP contribution in [0.5, 0.6) is 0 Å². The van der Waals surface area contributed by atoms with Gasteiger partial charge in [-0.2, -0.15) is 0 Å². The number of carbonyl (C=O) groups excluding carboxylic acids is 1. The fourth-order valence-electron chi connectivity index (χ4n) is 3.49. The third-order valence-electron chi connectivity index (χ3n) is 5.34. The highest BCUT2D eigenvalue weighted by Crippen LogP contribution is 2.12. The lowest BCUT2D eigenvalue weighted by Gasteiger charge is -2.15. The van der Waals surface area contributed by atoms with Gasteiger partial charge in [-0.1, -0.05) is 84.0 Å². The van der Waals surface area contributed by atoms with Gasteiger partial charge in [-0.15, -0.1) is 0 Å². The molecule has 7 nitrogen and oxygen atoms in total. The second-order valence-electron chi connectivity index (χ2n) is 8.26. The van der Waals surface area contributed by atoms with Crippen molar-refractivity contribution in [1.29, 1.82) is 0 Å². The van der Waals surface area contributed by atoms with Crippen molar-refractivity contribution in [2.24, 2.45) is 0 Å². The largest absolute Gasteiger partial charge is 0.480 e. The summed E-state index contributed by atoms with van der Waals surface area (Å²) in [5.74, 6) is -1.02. The second kappa shape index (κ2) is 21.1. The molecule has 0 aliphatic heterocycles. The van der Waals surface area contributed by atoms with Crippen LogP contribution in [-0.2, 0) is 9.59 Å². The summed E-state index contributed by atoms with van der Waals surface area (Å²) in [6, 6.07) is -0.843. The Labute approximate surface area is 183 Å². The number of amides is 1. The number of unbranched alkanes of at least 4 members (excludes halogenated alkanes) is 12. The Morgan fingerprint density at radius 1 is 0.767 bits per heavy atom. The van der Waals surface area contributed by atoms with Gasteiger partial charge in [0.25, 0.3) is 0 Å². The highest BCUT2D eigenvalue weighted by atomic mass is 16.5. The lowest BCUT2D eigenvalue weighted by atomic mass is 10.0. The molecule has 0 aromatic carbocycles. The minimum atomic E-state index is -1.58. The standard InChI is InChI=1S/C23H46N2O5/c1-2-3-4-5-6-7-8-9-10-11-12-13-14-17-21(26)24-18-15-16-20(23(29)30)25-19-22(27)28/h20,22,25,27-28H,2-19H2,1H3,(H,24,26)(H,29,30). The van der Waals surface area contributed by atoms with Crippen molar-refractivity contribution in [2.75, 3.05) is 13.1 Å². The van der Waals surface area contributed by atoms with Gasteiger partial charge in [0.2, 0.25) is 5.91 Å². The molecule has 1 amide bonds. The average Bonchev–Trinajstić information content (AvgIpc) is 2.70. The van der Waals surface area contributed by atoms with Gasteiger partial charge >= 0.3 is 5.97 Å². The maximum atomic E-state index is 11.8. The quantitative estimate of drug-likeness (QED) is 0.132. The average molecular weight is 431 g/mol. The third kappa shape index (κ3) is 20.1. The molecule has 0 rings (SSSR count). The van der Waals surface area contributed by atoms with Crippen LogP contribution in [0.25, 0.3) is 0 Å². The molecule has 30 heavy (non-hydrogen) atoms. The number of carboxylic acids is 1. The Morgan fingerprint density at radius 3 is 1.73 bits per heavy atom. The summed E-state index contributed by atoms with van der Waals surface area (Å²) in [7, 11) is 0. The fourth-order valence-corrected chi connectivity index (χ4v) is 3.49. The highest BCUT2D eigenvalue weighted by Gasteiger charge is 2.17. The Hall–Kier alpha value is -1.18. The Bertz CT molecular complexity index is 418. The van der Waals surface area contributed by atoms with Gasteiger partial charge in [-0.3, -0.25) is 14.9 Å². The van der Waals surface area contributed by atoms with E-state index in [4.69, 9.17) is 15.3 Å². The highest BCUT2D eigenvalue weighted by molar-refractivity contribution is 5.75. The minimum absolute atomic E-state index is 0.0173. The van der Waals surface area contributed by atoms with E-state index in [-0.39, 0.29) is 12.5 Å². The van der Waals surface area contributed by atoms with Gasteiger partial charge in [0.1, 0.15) is 6.04 Å². The maximum absolute atomic E-state index is 11.8. The van der Waals surface area contributed by atoms with E-state index in [9.17, 15) is 9.59 Å². The zero-order valence-corrected chi connectivity index (χ0v) is 19.0. The van der Waals surface area contributed by atoms with Crippen molar-refractivity contribution >= 4 is 11.9 Å². The molecule has 0 spiro atoms. The summed E-state index contributed by atoms with van der Waals surface area (Å²) in [4.78, 5) is 22.9. The Morgan fingerprint density at radius 2 is 1.27 bits per heavy atom. The molecule has 0 heterocycles. The molecule has 0 radical (unpaired) electrons. The van der Waals surface area contributed by atoms with E-state index in [0.717, 1.165) is 12.8 Å². The summed E-state index contributed by atoms with van der Waals surface area (Å²) in [5, 5.41) is 32.0. The molecule has 0 bridgehead atoms. The first kappa shape index (κ1) is 28.8. The van der Waals surface area contributed by atoms with Crippen molar-refractivity contribution in [3.05, 3.63) is 0 Å². The molecule has 1 unspecified atom stereocenters. The Balaban J connectivity index is 3.44. The number of hydrogen-bond donors (Lipinski definition) is 5. The number of carbonyl (C=O) groups is 2. The first-order chi connectivity index (χ1) is 14.5. The van der Waals surface area contributed by atoms with E-state index < -0.39 is 18.3 Å². The monoisotopic (exact) mass is 430 g/mol. The summed E-state index contributed by atoms with van der Waals surface area (Å²) in [6.45, 7) is 2.49. The van der Waals surface area contributed by atoms with Crippen molar-refractivity contribution in [2.45, 2.75) is 122 Å². The van der Waals surface area contributed by atoms with Crippen LogP contribution in [0.4, 0.5) is 0 Å². The molecule has 5 N–H and O–H groups in total. The molecule has 178 valence electrons. The maximum Gasteiger partial charge on any atom is 0.320 e. The van der Waals surface area contributed by atoms with E-state index in [2.05, 4.69) is 17.6 Å². The molecule has 0 saturated heterocycles. The van der Waals surface area contributed by atoms with Crippen LogP contribution in [0.15, 0.2) is 0 Å². The number of aliphatic hydroxyl groups excluding tert-OH is 1. The van der Waals surface area contributed by atoms with Crippen LogP contribution in [0.1, 0.15) is 110 Å². The summed E-state index contributed by atoms with van der Waals surface area (Å²) >= 11 is 0. The van der Waals surface area contributed by atoms with Gasteiger partial charge in [0.05, 0.1) is 0 Å². The molecule has 7 heteroatoms. The normalized spacial score (nSPS) is 12.3. The first-order valence-electron chi connectivity index (χ1n) is 12.1. The van der Waals surface area contributed by atoms with Crippen molar-refractivity contribution in [1.82, 2.24) is 10.6 Å². The van der Waals surface area contributed by atoms with Crippen molar-refractivity contribution in [3.8, 4) is 0 Å². The number of aliphatic hydroxyl groups is 2. The third-order valence-corrected chi connectivity index (χ3v) is 5.34. The molecule has 1 atom stereocenters. The smallest absolute Gasteiger partial charge is 0.320 e. The van der Waals surface area contributed by atoms with E-state index in [1.54, 1.807) is 0 Å². The molecule has 0 aromatic rings. The molecular formula is C23H46N2O5. The van der Waals surface area contributed by atoms with E-state index in [1.807, 2.05) is 0 Å². The van der Waals surface area contributed by atoms with Gasteiger partial charge in [-0.25, -0.2) is 0 Å². The lowest BCUT2D eigenvalue weighted by molar-refractivity contribution is -0.140. The molecule has 0 aromatic heterocycles. The van der Waals surface area contributed by atoms with E-state index in [0.29, 0.717) is 25.8 Å². The van der Waals surface area contributed by atoms with E-state index >= 15 is 0 Å². The van der Waals surface area contributed by atoms with Crippen LogP contribution >= 0.6 is 0 Å². The van der Waals surface area contributed by atoms with Crippen molar-refractivity contribution < 1.29 is 24.9 Å². The topological polar surface area (TPSA) is 119 Å². The van der Waals surface area contributed by atoms with Crippen LogP contribution < -0.4 is 10.6 Å². The molecule has 0 fully saturated rings. The number of hydrogen-bond acceptors (Lipinski definition) is 5. The number of carboxylic acid groups (broad SMARTS) is 1. The number of aliphatic carboxylic acids is 1. The molecular weight excluding hydrogens is 384 g/mol. The molecule has 0 aliphatic rings. The van der Waals surface area contributed by atoms with Crippen molar-refractivity contribution in [3.63, 3.8) is 0 Å². The van der Waals surface area contributed by atoms with Crippen LogP contribution in [0, 0.1) is 0 Å². The van der Waals surface area contributed by atoms with Gasteiger partial charge in [-0.05, 0) is 19.3 Å². The number of nitrogens with one attached hydrogen (secondary N) is 2. The van der Waals surface area contributed by atoms with E-state index in [1.165, 1.54) is 70.6 Å². The van der Waals surface area contributed by atoms with Gasteiger partial charge in [0.15, 0.2) is 6.29 Å². The predicted octanol–water partition coefficient (Wildman–Crippen LogP) is 3.72. The summed E-state index contributed by atoms with van der Waals surface area (Å²) < 4.78 is 0. The SMILES string of the molecule is CCCCCCCCCCCCCCCC(=O)NCCCC(NCC(O)O)C(=O)O. The Kier molecular flexibility index (Phi) is 20.2. The predicted molar refractivity (Wildman–Crippen MR) is 120 cm³/mol. The summed E-state index contributed by atoms with van der Waals surface area (Å²) in [5.41, 5.74) is 0. The zero-order valence-electron chi connectivity index (χ0n) is 19.0. The van der Waals surface area contributed by atoms with Gasteiger partial charge in [0, 0.05) is 19.5 Å². The van der Waals surface area contributed by atoms with Gasteiger partial charge < -0.3 is 20.6 Å². The zero-order chi connectivity index (χ0) is 22.5. The molecule has 0 aliphatic carbocycles. The lowest BCUT2D eigenvalue weighted by Crippen LogP contribution is -2.41. The first-order valence-corrected chi connectivity index (χ1v) is 12.1. The molecule has 0 saturated carbocycles.